The van der Waals surface area contributed by atoms with E-state index >= 15 is 0 Å². The Balaban J connectivity index is 1.88. The van der Waals surface area contributed by atoms with Gasteiger partial charge >= 0.3 is 0 Å². The number of rotatable bonds is 1. The number of nitrogens with zero attached hydrogens (tertiary/aromatic N) is 2. The lowest BCUT2D eigenvalue weighted by atomic mass is 10.2. The summed E-state index contributed by atoms with van der Waals surface area (Å²) in [5.41, 5.74) is 0. The highest BCUT2D eigenvalue weighted by molar-refractivity contribution is 4.79. The monoisotopic (exact) mass is 185 g/mol. The third-order valence-electron chi connectivity index (χ3n) is 2.94. The van der Waals surface area contributed by atoms with Crippen LogP contribution in [0.4, 0.5) is 0 Å². The van der Waals surface area contributed by atoms with E-state index in [0.29, 0.717) is 6.17 Å². The second-order valence-electron chi connectivity index (χ2n) is 3.81. The molecule has 0 aliphatic carbocycles. The molecular weight excluding hydrogens is 166 g/mol. The van der Waals surface area contributed by atoms with Gasteiger partial charge in [-0.1, -0.05) is 0 Å². The summed E-state index contributed by atoms with van der Waals surface area (Å²) in [6, 6.07) is 0. The number of hydrogen-bond acceptors (Lipinski definition) is 4. The van der Waals surface area contributed by atoms with Gasteiger partial charge in [-0.25, -0.2) is 0 Å². The second kappa shape index (κ2) is 4.37. The van der Waals surface area contributed by atoms with Crippen molar-refractivity contribution in [1.29, 1.82) is 0 Å². The molecule has 2 aliphatic rings. The zero-order valence-electron chi connectivity index (χ0n) is 8.33. The molecule has 0 saturated carbocycles. The quantitative estimate of drug-likeness (QED) is 0.577. The van der Waals surface area contributed by atoms with Crippen molar-refractivity contribution in [2.24, 2.45) is 0 Å². The van der Waals surface area contributed by atoms with Gasteiger partial charge in [0, 0.05) is 32.7 Å². The van der Waals surface area contributed by atoms with Crippen molar-refractivity contribution in [2.75, 3.05) is 53.0 Å². The molecule has 1 N–H and O–H groups in total. The third kappa shape index (κ3) is 2.20. The van der Waals surface area contributed by atoms with Gasteiger partial charge in [0.2, 0.25) is 0 Å². The van der Waals surface area contributed by atoms with Crippen LogP contribution in [-0.2, 0) is 4.74 Å². The van der Waals surface area contributed by atoms with E-state index in [0.717, 1.165) is 45.9 Å². The number of morpholine rings is 1. The summed E-state index contributed by atoms with van der Waals surface area (Å²) in [5, 5.41) is 3.44. The highest BCUT2D eigenvalue weighted by atomic mass is 16.5. The number of likely N-dealkylation sites (N-methyl/N-ethyl adjacent to an activating group) is 1. The fraction of sp³-hybridized carbons (Fsp3) is 1.00. The van der Waals surface area contributed by atoms with Crippen molar-refractivity contribution >= 4 is 0 Å². The molecule has 0 aromatic carbocycles. The molecule has 13 heavy (non-hydrogen) atoms. The normalized spacial score (nSPS) is 33.5. The molecule has 4 nitrogen and oxygen atoms in total. The van der Waals surface area contributed by atoms with Crippen LogP contribution in [0.1, 0.15) is 0 Å². The van der Waals surface area contributed by atoms with Gasteiger partial charge in [-0.05, 0) is 7.05 Å². The lowest BCUT2D eigenvalue weighted by Gasteiger charge is -2.42. The highest BCUT2D eigenvalue weighted by Crippen LogP contribution is 2.08. The number of piperazine rings is 1. The Morgan fingerprint density at radius 1 is 1.23 bits per heavy atom. The standard InChI is InChI=1S/C9H19N3O/c1-11-3-2-10-8-9(11)12-4-6-13-7-5-12/h9-10H,2-8H2,1H3. The van der Waals surface area contributed by atoms with Crippen molar-refractivity contribution in [3.05, 3.63) is 0 Å². The van der Waals surface area contributed by atoms with E-state index in [1.54, 1.807) is 0 Å². The Bertz CT molecular complexity index is 159. The molecule has 2 rings (SSSR count). The van der Waals surface area contributed by atoms with Crippen LogP contribution in [-0.4, -0.2) is 69.0 Å². The van der Waals surface area contributed by atoms with Gasteiger partial charge in [-0.2, -0.15) is 0 Å². The lowest BCUT2D eigenvalue weighted by Crippen LogP contribution is -2.59. The van der Waals surface area contributed by atoms with E-state index in [4.69, 9.17) is 4.74 Å². The Hall–Kier alpha value is -0.160. The Morgan fingerprint density at radius 2 is 2.00 bits per heavy atom. The molecule has 0 aromatic heterocycles. The first-order chi connectivity index (χ1) is 6.38. The van der Waals surface area contributed by atoms with E-state index in [2.05, 4.69) is 22.2 Å². The van der Waals surface area contributed by atoms with Crippen molar-refractivity contribution in [3.63, 3.8) is 0 Å². The van der Waals surface area contributed by atoms with Crippen molar-refractivity contribution < 1.29 is 4.74 Å². The minimum absolute atomic E-state index is 0.581. The van der Waals surface area contributed by atoms with Crippen LogP contribution in [0.2, 0.25) is 0 Å². The number of nitrogens with one attached hydrogen (secondary N) is 1. The number of hydrogen-bond donors (Lipinski definition) is 1. The summed E-state index contributed by atoms with van der Waals surface area (Å²) in [5.74, 6) is 0. The largest absolute Gasteiger partial charge is 0.379 e. The first-order valence-electron chi connectivity index (χ1n) is 5.11. The van der Waals surface area contributed by atoms with E-state index in [9.17, 15) is 0 Å². The topological polar surface area (TPSA) is 27.7 Å². The van der Waals surface area contributed by atoms with Gasteiger partial charge in [0.05, 0.1) is 19.4 Å². The maximum Gasteiger partial charge on any atom is 0.0750 e. The van der Waals surface area contributed by atoms with Crippen molar-refractivity contribution in [3.8, 4) is 0 Å². The van der Waals surface area contributed by atoms with Crippen molar-refractivity contribution in [1.82, 2.24) is 15.1 Å². The predicted molar refractivity (Wildman–Crippen MR) is 51.7 cm³/mol. The molecule has 1 atom stereocenters. The molecule has 2 aliphatic heterocycles. The van der Waals surface area contributed by atoms with Crippen LogP contribution in [0, 0.1) is 0 Å². The number of ether oxygens (including phenoxy) is 1. The molecule has 0 spiro atoms. The predicted octanol–water partition coefficient (Wildman–Crippen LogP) is -0.820. The Kier molecular flexibility index (Phi) is 3.16. The molecular formula is C9H19N3O. The van der Waals surface area contributed by atoms with Gasteiger partial charge in [-0.15, -0.1) is 0 Å². The van der Waals surface area contributed by atoms with Crippen molar-refractivity contribution in [2.45, 2.75) is 6.17 Å². The average Bonchev–Trinajstić information content (AvgIpc) is 2.20. The minimum Gasteiger partial charge on any atom is -0.379 e. The summed E-state index contributed by atoms with van der Waals surface area (Å²) in [6.07, 6.45) is 0.581. The summed E-state index contributed by atoms with van der Waals surface area (Å²) < 4.78 is 5.35. The third-order valence-corrected chi connectivity index (χ3v) is 2.94. The molecule has 0 bridgehead atoms. The molecule has 0 radical (unpaired) electrons. The molecule has 76 valence electrons. The van der Waals surface area contributed by atoms with Gasteiger partial charge < -0.3 is 10.1 Å². The zero-order chi connectivity index (χ0) is 9.10. The molecule has 0 amide bonds. The fourth-order valence-electron chi connectivity index (χ4n) is 2.07. The van der Waals surface area contributed by atoms with Gasteiger partial charge in [0.1, 0.15) is 0 Å². The first kappa shape index (κ1) is 9.40. The van der Waals surface area contributed by atoms with Crippen LogP contribution in [0.5, 0.6) is 0 Å². The minimum atomic E-state index is 0.581. The maximum absolute atomic E-state index is 5.35. The van der Waals surface area contributed by atoms with E-state index in [1.807, 2.05) is 0 Å². The smallest absolute Gasteiger partial charge is 0.0750 e. The van der Waals surface area contributed by atoms with E-state index in [1.165, 1.54) is 0 Å². The first-order valence-corrected chi connectivity index (χ1v) is 5.11. The Labute approximate surface area is 79.8 Å². The maximum atomic E-state index is 5.35. The van der Waals surface area contributed by atoms with Crippen LogP contribution in [0.15, 0.2) is 0 Å². The summed E-state index contributed by atoms with van der Waals surface area (Å²) in [4.78, 5) is 4.94. The SMILES string of the molecule is CN1CCNCC1N1CCOCC1. The summed E-state index contributed by atoms with van der Waals surface area (Å²) in [7, 11) is 2.21. The van der Waals surface area contributed by atoms with Gasteiger partial charge in [0.25, 0.3) is 0 Å². The zero-order valence-corrected chi connectivity index (χ0v) is 8.33. The molecule has 4 heteroatoms. The van der Waals surface area contributed by atoms with Gasteiger partial charge in [-0.3, -0.25) is 9.80 Å². The highest BCUT2D eigenvalue weighted by Gasteiger charge is 2.26. The second-order valence-corrected chi connectivity index (χ2v) is 3.81. The van der Waals surface area contributed by atoms with E-state index < -0.39 is 0 Å². The van der Waals surface area contributed by atoms with E-state index in [-0.39, 0.29) is 0 Å². The van der Waals surface area contributed by atoms with Crippen LogP contribution in [0.3, 0.4) is 0 Å². The molecule has 2 heterocycles. The lowest BCUT2D eigenvalue weighted by molar-refractivity contribution is -0.0328. The Morgan fingerprint density at radius 3 is 2.69 bits per heavy atom. The fourth-order valence-corrected chi connectivity index (χ4v) is 2.07. The average molecular weight is 185 g/mol. The van der Waals surface area contributed by atoms with Crippen LogP contribution < -0.4 is 5.32 Å². The molecule has 2 saturated heterocycles. The molecule has 0 aromatic rings. The van der Waals surface area contributed by atoms with Crippen LogP contribution >= 0.6 is 0 Å². The molecule has 1 unspecified atom stereocenters. The summed E-state index contributed by atoms with van der Waals surface area (Å²) >= 11 is 0. The summed E-state index contributed by atoms with van der Waals surface area (Å²) in [6.45, 7) is 7.32. The van der Waals surface area contributed by atoms with Crippen LogP contribution in [0.25, 0.3) is 0 Å². The van der Waals surface area contributed by atoms with Gasteiger partial charge in [0.15, 0.2) is 0 Å². The molecule has 2 fully saturated rings.